The molecule has 0 amide bonds. The molecule has 0 saturated heterocycles. The Morgan fingerprint density at radius 2 is 0.486 bits per heavy atom. The molecular formula is C32H32N4Ni. The van der Waals surface area contributed by atoms with Gasteiger partial charge in [0.25, 0.3) is 0 Å². The Balaban J connectivity index is 0.000000253. The molecule has 0 radical (unpaired) electrons. The van der Waals surface area contributed by atoms with E-state index in [2.05, 4.69) is 47.7 Å². The zero-order valence-corrected chi connectivity index (χ0v) is 22.6. The van der Waals surface area contributed by atoms with Crippen LogP contribution in [0.2, 0.25) is 0 Å². The van der Waals surface area contributed by atoms with E-state index in [1.165, 1.54) is 22.3 Å². The molecule has 0 unspecified atom stereocenters. The third-order valence-corrected chi connectivity index (χ3v) is 5.16. The fourth-order valence-electron chi connectivity index (χ4n) is 3.00. The smallest absolute Gasteiger partial charge is 0.0630 e. The van der Waals surface area contributed by atoms with Gasteiger partial charge in [0.15, 0.2) is 0 Å². The average molecular weight is 531 g/mol. The third-order valence-electron chi connectivity index (χ3n) is 5.16. The third kappa shape index (κ3) is 11.6. The summed E-state index contributed by atoms with van der Waals surface area (Å²) in [5.41, 5.74) is 8.72. The molecule has 190 valence electrons. The Kier molecular flexibility index (Phi) is 12.6. The van der Waals surface area contributed by atoms with Gasteiger partial charge in [0.2, 0.25) is 0 Å². The van der Waals surface area contributed by atoms with Crippen molar-refractivity contribution < 1.29 is 16.5 Å². The van der Waals surface area contributed by atoms with Gasteiger partial charge in [0, 0.05) is 41.3 Å². The van der Waals surface area contributed by atoms with Crippen LogP contribution in [0.25, 0.3) is 0 Å². The van der Waals surface area contributed by atoms with Gasteiger partial charge in [-0.05, 0) is 76.2 Å². The molecule has 37 heavy (non-hydrogen) atoms. The van der Waals surface area contributed by atoms with E-state index in [4.69, 9.17) is 0 Å². The Labute approximate surface area is 230 Å². The minimum atomic E-state index is 0. The SMILES string of the molecule is Cc1ccc(N=CC=Nc2ccc(C)cc2)cc1.Cc1ccc(N=CC=Nc2ccc(C)cc2)cc1.[Ni]. The Morgan fingerprint density at radius 1 is 0.324 bits per heavy atom. The van der Waals surface area contributed by atoms with E-state index < -0.39 is 0 Å². The molecule has 0 bridgehead atoms. The van der Waals surface area contributed by atoms with Crippen LogP contribution in [0.5, 0.6) is 0 Å². The van der Waals surface area contributed by atoms with Crippen LogP contribution in [-0.2, 0) is 16.5 Å². The fraction of sp³-hybridized carbons (Fsp3) is 0.125. The van der Waals surface area contributed by atoms with Gasteiger partial charge in [-0.3, -0.25) is 20.0 Å². The second kappa shape index (κ2) is 15.9. The normalized spacial score (nSPS) is 11.1. The second-order valence-electron chi connectivity index (χ2n) is 8.45. The molecule has 0 aromatic heterocycles. The van der Waals surface area contributed by atoms with Crippen LogP contribution in [0.4, 0.5) is 22.7 Å². The molecule has 0 heterocycles. The van der Waals surface area contributed by atoms with Crippen molar-refractivity contribution in [2.24, 2.45) is 20.0 Å². The number of nitrogens with zero attached hydrogens (tertiary/aromatic N) is 4. The predicted molar refractivity (Wildman–Crippen MR) is 157 cm³/mol. The standard InChI is InChI=1S/2C16H16N2.Ni/c2*1-13-3-7-15(8-4-13)17-11-12-18-16-9-5-14(2)6-10-16;/h2*3-12H,1-2H3;. The van der Waals surface area contributed by atoms with Gasteiger partial charge in [-0.15, -0.1) is 0 Å². The van der Waals surface area contributed by atoms with Crippen LogP contribution in [0.1, 0.15) is 22.3 Å². The molecule has 0 aliphatic heterocycles. The van der Waals surface area contributed by atoms with Crippen molar-refractivity contribution in [1.82, 2.24) is 0 Å². The first kappa shape index (κ1) is 29.3. The van der Waals surface area contributed by atoms with E-state index in [1.807, 2.05) is 97.1 Å². The largest absolute Gasteiger partial charge is 0.255 e. The summed E-state index contributed by atoms with van der Waals surface area (Å²) in [7, 11) is 0. The zero-order valence-electron chi connectivity index (χ0n) is 21.7. The van der Waals surface area contributed by atoms with Crippen molar-refractivity contribution in [2.45, 2.75) is 27.7 Å². The first-order valence-electron chi connectivity index (χ1n) is 11.9. The molecule has 4 rings (SSSR count). The molecule has 0 N–H and O–H groups in total. The minimum absolute atomic E-state index is 0. The van der Waals surface area contributed by atoms with E-state index in [1.54, 1.807) is 24.9 Å². The summed E-state index contributed by atoms with van der Waals surface area (Å²) < 4.78 is 0. The van der Waals surface area contributed by atoms with Gasteiger partial charge in [-0.25, -0.2) is 0 Å². The number of benzene rings is 4. The van der Waals surface area contributed by atoms with Gasteiger partial charge in [-0.1, -0.05) is 70.8 Å². The quantitative estimate of drug-likeness (QED) is 0.176. The van der Waals surface area contributed by atoms with Crippen LogP contribution < -0.4 is 0 Å². The summed E-state index contributed by atoms with van der Waals surface area (Å²) in [6, 6.07) is 32.3. The molecule has 5 heteroatoms. The number of hydrogen-bond acceptors (Lipinski definition) is 4. The maximum absolute atomic E-state index is 4.31. The number of hydrogen-bond donors (Lipinski definition) is 0. The molecule has 0 aliphatic carbocycles. The molecule has 0 spiro atoms. The van der Waals surface area contributed by atoms with E-state index >= 15 is 0 Å². The van der Waals surface area contributed by atoms with Gasteiger partial charge in [0.1, 0.15) is 0 Å². The van der Waals surface area contributed by atoms with Gasteiger partial charge in [-0.2, -0.15) is 0 Å². The van der Waals surface area contributed by atoms with Crippen molar-refractivity contribution >= 4 is 47.6 Å². The van der Waals surface area contributed by atoms with E-state index in [9.17, 15) is 0 Å². The molecule has 4 aromatic carbocycles. The Bertz CT molecular complexity index is 1100. The molecule has 0 aliphatic rings. The van der Waals surface area contributed by atoms with Crippen LogP contribution in [0.3, 0.4) is 0 Å². The van der Waals surface area contributed by atoms with E-state index in [0.717, 1.165) is 22.7 Å². The van der Waals surface area contributed by atoms with Crippen LogP contribution in [-0.4, -0.2) is 24.9 Å². The van der Waals surface area contributed by atoms with E-state index in [0.29, 0.717) is 0 Å². The van der Waals surface area contributed by atoms with Crippen molar-refractivity contribution in [3.63, 3.8) is 0 Å². The molecule has 0 atom stereocenters. The van der Waals surface area contributed by atoms with Crippen LogP contribution in [0, 0.1) is 27.7 Å². The first-order valence-corrected chi connectivity index (χ1v) is 11.9. The van der Waals surface area contributed by atoms with Crippen molar-refractivity contribution in [3.05, 3.63) is 119 Å². The maximum atomic E-state index is 4.31. The topological polar surface area (TPSA) is 49.4 Å². The summed E-state index contributed by atoms with van der Waals surface area (Å²) in [6.07, 6.45) is 6.85. The Morgan fingerprint density at radius 3 is 0.649 bits per heavy atom. The minimum Gasteiger partial charge on any atom is -0.255 e. The number of aryl methyl sites for hydroxylation is 4. The summed E-state index contributed by atoms with van der Waals surface area (Å²) in [4.78, 5) is 17.2. The van der Waals surface area contributed by atoms with Gasteiger partial charge >= 0.3 is 0 Å². The second-order valence-corrected chi connectivity index (χ2v) is 8.45. The molecule has 4 nitrogen and oxygen atoms in total. The summed E-state index contributed by atoms with van der Waals surface area (Å²) in [5, 5.41) is 0. The van der Waals surface area contributed by atoms with Crippen molar-refractivity contribution in [3.8, 4) is 0 Å². The number of aliphatic imine (C=N–C) groups is 4. The molecule has 0 fully saturated rings. The monoisotopic (exact) mass is 530 g/mol. The predicted octanol–water partition coefficient (Wildman–Crippen LogP) is 8.81. The molecule has 4 aromatic rings. The maximum Gasteiger partial charge on any atom is 0.0630 e. The van der Waals surface area contributed by atoms with Gasteiger partial charge in [0.05, 0.1) is 22.7 Å². The summed E-state index contributed by atoms with van der Waals surface area (Å²) >= 11 is 0. The summed E-state index contributed by atoms with van der Waals surface area (Å²) in [5.74, 6) is 0. The summed E-state index contributed by atoms with van der Waals surface area (Å²) in [6.45, 7) is 8.25. The molecule has 0 saturated carbocycles. The van der Waals surface area contributed by atoms with Crippen LogP contribution >= 0.6 is 0 Å². The fourth-order valence-corrected chi connectivity index (χ4v) is 3.00. The first-order chi connectivity index (χ1) is 17.5. The number of rotatable bonds is 6. The van der Waals surface area contributed by atoms with Crippen molar-refractivity contribution in [1.29, 1.82) is 0 Å². The van der Waals surface area contributed by atoms with Crippen LogP contribution in [0.15, 0.2) is 117 Å². The zero-order chi connectivity index (χ0) is 25.6. The van der Waals surface area contributed by atoms with Crippen molar-refractivity contribution in [2.75, 3.05) is 0 Å². The average Bonchev–Trinajstić information content (AvgIpc) is 2.89. The Hall–Kier alpha value is -3.95. The van der Waals surface area contributed by atoms with Gasteiger partial charge < -0.3 is 0 Å². The van der Waals surface area contributed by atoms with E-state index in [-0.39, 0.29) is 16.5 Å². The molecular weight excluding hydrogens is 499 g/mol.